The summed E-state index contributed by atoms with van der Waals surface area (Å²) in [5, 5.41) is 3.66. The molecule has 120 valence electrons. The first-order valence-electron chi connectivity index (χ1n) is 8.25. The van der Waals surface area contributed by atoms with Gasteiger partial charge in [-0.1, -0.05) is 11.8 Å². The summed E-state index contributed by atoms with van der Waals surface area (Å²) >= 11 is 1.87. The lowest BCUT2D eigenvalue weighted by atomic mass is 10.1. The second kappa shape index (κ2) is 6.18. The monoisotopic (exact) mass is 320 g/mol. The molecule has 22 heavy (non-hydrogen) atoms. The molecule has 5 nitrogen and oxygen atoms in total. The molecular weight excluding hydrogens is 296 g/mol. The Hall–Kier alpha value is -1.11. The van der Waals surface area contributed by atoms with E-state index < -0.39 is 0 Å². The summed E-state index contributed by atoms with van der Waals surface area (Å²) in [7, 11) is 0. The molecule has 0 bridgehead atoms. The van der Waals surface area contributed by atoms with Gasteiger partial charge < -0.3 is 20.7 Å². The fourth-order valence-electron chi connectivity index (χ4n) is 3.46. The molecule has 1 unspecified atom stereocenters. The Kier molecular flexibility index (Phi) is 4.07. The minimum absolute atomic E-state index is 0.315. The molecule has 0 saturated carbocycles. The van der Waals surface area contributed by atoms with Crippen LogP contribution in [0.2, 0.25) is 0 Å². The van der Waals surface area contributed by atoms with Gasteiger partial charge in [0.05, 0.1) is 30.3 Å². The van der Waals surface area contributed by atoms with E-state index in [1.165, 1.54) is 35.5 Å². The minimum Gasteiger partial charge on any atom is -0.397 e. The zero-order chi connectivity index (χ0) is 14.9. The third-order valence-electron chi connectivity index (χ3n) is 4.72. The molecule has 3 aliphatic heterocycles. The van der Waals surface area contributed by atoms with Gasteiger partial charge in [0, 0.05) is 31.1 Å². The minimum atomic E-state index is 0.315. The number of anilines is 3. The van der Waals surface area contributed by atoms with Gasteiger partial charge in [0.25, 0.3) is 0 Å². The molecule has 0 spiro atoms. The molecule has 2 saturated heterocycles. The highest BCUT2D eigenvalue weighted by Gasteiger charge is 2.29. The Bertz CT molecular complexity index is 541. The van der Waals surface area contributed by atoms with Crippen molar-refractivity contribution in [1.29, 1.82) is 0 Å². The highest BCUT2D eigenvalue weighted by Crippen LogP contribution is 2.44. The highest BCUT2D eigenvalue weighted by molar-refractivity contribution is 8.00. The number of morpholine rings is 1. The topological polar surface area (TPSA) is 53.8 Å². The van der Waals surface area contributed by atoms with Crippen LogP contribution >= 0.6 is 11.8 Å². The number of nitrogens with two attached hydrogens (primary N) is 1. The predicted molar refractivity (Wildman–Crippen MR) is 92.6 cm³/mol. The number of benzene rings is 1. The van der Waals surface area contributed by atoms with Gasteiger partial charge in [0.15, 0.2) is 0 Å². The van der Waals surface area contributed by atoms with Gasteiger partial charge >= 0.3 is 0 Å². The Morgan fingerprint density at radius 1 is 1.09 bits per heavy atom. The Morgan fingerprint density at radius 3 is 2.64 bits per heavy atom. The van der Waals surface area contributed by atoms with Crippen molar-refractivity contribution in [2.45, 2.75) is 29.7 Å². The van der Waals surface area contributed by atoms with Crippen molar-refractivity contribution >= 4 is 28.8 Å². The van der Waals surface area contributed by atoms with Crippen LogP contribution in [-0.2, 0) is 4.74 Å². The number of ether oxygens (including phenoxy) is 1. The van der Waals surface area contributed by atoms with Gasteiger partial charge in [-0.3, -0.25) is 4.90 Å². The summed E-state index contributed by atoms with van der Waals surface area (Å²) < 4.78 is 5.45. The lowest BCUT2D eigenvalue weighted by Gasteiger charge is -2.31. The number of nitrogens with one attached hydrogen (secondary N) is 1. The van der Waals surface area contributed by atoms with Gasteiger partial charge in [-0.15, -0.1) is 0 Å². The van der Waals surface area contributed by atoms with Crippen molar-refractivity contribution in [3.05, 3.63) is 12.1 Å². The summed E-state index contributed by atoms with van der Waals surface area (Å²) in [4.78, 5) is 6.16. The summed E-state index contributed by atoms with van der Waals surface area (Å²) in [5.41, 5.74) is 10.00. The van der Waals surface area contributed by atoms with Crippen molar-refractivity contribution in [1.82, 2.24) is 4.90 Å². The molecule has 3 N–H and O–H groups in total. The van der Waals surface area contributed by atoms with Crippen LogP contribution in [0.1, 0.15) is 19.3 Å². The maximum absolute atomic E-state index is 6.33. The average molecular weight is 320 g/mol. The Morgan fingerprint density at radius 2 is 1.86 bits per heavy atom. The first-order valence-corrected chi connectivity index (χ1v) is 9.13. The lowest BCUT2D eigenvalue weighted by Crippen LogP contribution is -2.44. The second-order valence-electron chi connectivity index (χ2n) is 6.22. The number of thioether (sulfide) groups is 1. The lowest BCUT2D eigenvalue weighted by molar-refractivity contribution is 0.0366. The zero-order valence-electron chi connectivity index (χ0n) is 12.9. The molecule has 1 atom stereocenters. The number of nitrogen functional groups attached to an aromatic ring is 1. The average Bonchev–Trinajstić information content (AvgIpc) is 2.98. The normalized spacial score (nSPS) is 25.8. The van der Waals surface area contributed by atoms with E-state index in [0.29, 0.717) is 5.50 Å². The van der Waals surface area contributed by atoms with Crippen LogP contribution in [0, 0.1) is 0 Å². The molecule has 1 aromatic carbocycles. The van der Waals surface area contributed by atoms with E-state index in [0.717, 1.165) is 45.1 Å². The second-order valence-corrected chi connectivity index (χ2v) is 7.34. The van der Waals surface area contributed by atoms with E-state index in [4.69, 9.17) is 10.5 Å². The molecule has 0 amide bonds. The smallest absolute Gasteiger partial charge is 0.133 e. The molecule has 4 rings (SSSR count). The van der Waals surface area contributed by atoms with Gasteiger partial charge in [0.2, 0.25) is 0 Å². The predicted octanol–water partition coefficient (Wildman–Crippen LogP) is 2.39. The van der Waals surface area contributed by atoms with Crippen LogP contribution in [0.25, 0.3) is 0 Å². The third kappa shape index (κ3) is 2.75. The van der Waals surface area contributed by atoms with E-state index >= 15 is 0 Å². The first-order chi connectivity index (χ1) is 10.8. The molecule has 6 heteroatoms. The van der Waals surface area contributed by atoms with E-state index in [1.54, 1.807) is 0 Å². The Labute approximate surface area is 136 Å². The maximum atomic E-state index is 6.33. The van der Waals surface area contributed by atoms with E-state index in [9.17, 15) is 0 Å². The SMILES string of the molecule is Nc1cc2c(cc1N1CCCCC1)NC(N1CCOCC1)S2. The molecule has 1 aromatic rings. The standard InChI is InChI=1S/C16H24N4OS/c17-12-10-15-13(11-14(12)19-4-2-1-3-5-19)18-16(22-15)20-6-8-21-9-7-20/h10-11,16,18H,1-9,17H2. The molecule has 3 heterocycles. The van der Waals surface area contributed by atoms with Crippen LogP contribution in [0.5, 0.6) is 0 Å². The first kappa shape index (κ1) is 14.5. The third-order valence-corrected chi connectivity index (χ3v) is 5.95. The zero-order valence-corrected chi connectivity index (χ0v) is 13.7. The molecule has 2 fully saturated rings. The van der Waals surface area contributed by atoms with Crippen LogP contribution < -0.4 is 16.0 Å². The maximum Gasteiger partial charge on any atom is 0.133 e. The number of rotatable bonds is 2. The molecule has 0 aliphatic carbocycles. The summed E-state index contributed by atoms with van der Waals surface area (Å²) in [6.07, 6.45) is 3.89. The number of nitrogens with zero attached hydrogens (tertiary/aromatic N) is 2. The quantitative estimate of drug-likeness (QED) is 0.816. The number of hydrogen-bond donors (Lipinski definition) is 2. The van der Waals surface area contributed by atoms with Crippen LogP contribution in [0.3, 0.4) is 0 Å². The largest absolute Gasteiger partial charge is 0.397 e. The fourth-order valence-corrected chi connectivity index (χ4v) is 4.69. The van der Waals surface area contributed by atoms with Crippen LogP contribution in [0.15, 0.2) is 17.0 Å². The van der Waals surface area contributed by atoms with E-state index in [2.05, 4.69) is 27.2 Å². The van der Waals surface area contributed by atoms with Gasteiger partial charge in [-0.05, 0) is 31.4 Å². The fraction of sp³-hybridized carbons (Fsp3) is 0.625. The van der Waals surface area contributed by atoms with Crippen LogP contribution in [0.4, 0.5) is 17.1 Å². The van der Waals surface area contributed by atoms with Gasteiger partial charge in [0.1, 0.15) is 5.50 Å². The highest BCUT2D eigenvalue weighted by atomic mass is 32.2. The summed E-state index contributed by atoms with van der Waals surface area (Å²) in [6.45, 7) is 5.90. The van der Waals surface area contributed by atoms with Crippen LogP contribution in [-0.4, -0.2) is 49.8 Å². The summed E-state index contributed by atoms with van der Waals surface area (Å²) in [6, 6.07) is 4.40. The van der Waals surface area contributed by atoms with Crippen molar-refractivity contribution in [2.24, 2.45) is 0 Å². The molecule has 0 aromatic heterocycles. The molecule has 0 radical (unpaired) electrons. The number of hydrogen-bond acceptors (Lipinski definition) is 6. The molecule has 3 aliphatic rings. The Balaban J connectivity index is 1.53. The van der Waals surface area contributed by atoms with Crippen molar-refractivity contribution < 1.29 is 4.74 Å². The summed E-state index contributed by atoms with van der Waals surface area (Å²) in [5.74, 6) is 0. The van der Waals surface area contributed by atoms with E-state index in [1.807, 2.05) is 11.8 Å². The number of fused-ring (bicyclic) bond motifs is 1. The van der Waals surface area contributed by atoms with Gasteiger partial charge in [-0.2, -0.15) is 0 Å². The van der Waals surface area contributed by atoms with E-state index in [-0.39, 0.29) is 0 Å². The van der Waals surface area contributed by atoms with Crippen molar-refractivity contribution in [3.63, 3.8) is 0 Å². The molecular formula is C16H24N4OS. The number of piperidine rings is 1. The van der Waals surface area contributed by atoms with Crippen molar-refractivity contribution in [3.8, 4) is 0 Å². The van der Waals surface area contributed by atoms with Gasteiger partial charge in [-0.25, -0.2) is 0 Å². The van der Waals surface area contributed by atoms with Crippen molar-refractivity contribution in [2.75, 3.05) is 55.3 Å².